The number of nitrogens with zero attached hydrogens (tertiary/aromatic N) is 1. The maximum atomic E-state index is 5.63. The van der Waals surface area contributed by atoms with E-state index in [0.29, 0.717) is 6.54 Å². The Balaban J connectivity index is 1.69. The van der Waals surface area contributed by atoms with Crippen LogP contribution in [0.4, 0.5) is 0 Å². The van der Waals surface area contributed by atoms with E-state index in [2.05, 4.69) is 33.8 Å². The lowest BCUT2D eigenvalue weighted by Gasteiger charge is -2.32. The van der Waals surface area contributed by atoms with Crippen molar-refractivity contribution in [2.24, 2.45) is 4.99 Å². The van der Waals surface area contributed by atoms with Crippen LogP contribution >= 0.6 is 0 Å². The van der Waals surface area contributed by atoms with Crippen LogP contribution < -0.4 is 15.4 Å². The van der Waals surface area contributed by atoms with Crippen molar-refractivity contribution in [2.45, 2.75) is 37.6 Å². The fourth-order valence-electron chi connectivity index (χ4n) is 3.73. The molecule has 1 fully saturated rings. The Morgan fingerprint density at radius 1 is 1.16 bits per heavy atom. The molecular formula is C20H27N3O2. The van der Waals surface area contributed by atoms with E-state index in [1.807, 2.05) is 18.2 Å². The monoisotopic (exact) mass is 341 g/mol. The molecule has 0 spiro atoms. The molecule has 25 heavy (non-hydrogen) atoms. The highest BCUT2D eigenvalue weighted by Crippen LogP contribution is 2.44. The predicted molar refractivity (Wildman–Crippen MR) is 100 cm³/mol. The molecule has 1 aromatic carbocycles. The Hall–Kier alpha value is -2.43. The molecule has 0 radical (unpaired) electrons. The number of ether oxygens (including phenoxy) is 1. The molecule has 0 saturated heterocycles. The highest BCUT2D eigenvalue weighted by Gasteiger charge is 2.37. The topological polar surface area (TPSA) is 58.8 Å². The molecule has 1 aromatic heterocycles. The van der Waals surface area contributed by atoms with Gasteiger partial charge in [0, 0.05) is 24.6 Å². The number of hydrogen-bond acceptors (Lipinski definition) is 3. The van der Waals surface area contributed by atoms with Crippen molar-refractivity contribution in [3.8, 4) is 5.75 Å². The molecule has 0 atom stereocenters. The third-order valence-corrected chi connectivity index (χ3v) is 5.07. The van der Waals surface area contributed by atoms with Crippen LogP contribution in [0, 0.1) is 0 Å². The Bertz CT molecular complexity index is 689. The van der Waals surface area contributed by atoms with E-state index >= 15 is 0 Å². The summed E-state index contributed by atoms with van der Waals surface area (Å²) in [5.74, 6) is 2.66. The van der Waals surface area contributed by atoms with Gasteiger partial charge in [0.15, 0.2) is 5.96 Å². The highest BCUT2D eigenvalue weighted by atomic mass is 16.5. The second-order valence-electron chi connectivity index (χ2n) is 6.55. The number of hydrogen-bond donors (Lipinski definition) is 2. The number of nitrogens with one attached hydrogen (secondary N) is 2. The van der Waals surface area contributed by atoms with Crippen LogP contribution in [-0.2, 0) is 12.0 Å². The number of methoxy groups -OCH3 is 1. The summed E-state index contributed by atoms with van der Waals surface area (Å²) in [4.78, 5) is 4.34. The summed E-state index contributed by atoms with van der Waals surface area (Å²) in [7, 11) is 3.54. The molecule has 2 N–H and O–H groups in total. The first-order valence-corrected chi connectivity index (χ1v) is 8.88. The smallest absolute Gasteiger partial charge is 0.191 e. The van der Waals surface area contributed by atoms with Crippen molar-refractivity contribution in [2.75, 3.05) is 20.7 Å². The summed E-state index contributed by atoms with van der Waals surface area (Å²) in [6.45, 7) is 1.46. The van der Waals surface area contributed by atoms with Gasteiger partial charge >= 0.3 is 0 Å². The third-order valence-electron chi connectivity index (χ3n) is 5.07. The Morgan fingerprint density at radius 3 is 2.64 bits per heavy atom. The van der Waals surface area contributed by atoms with Gasteiger partial charge in [0.25, 0.3) is 0 Å². The summed E-state index contributed by atoms with van der Waals surface area (Å²) < 4.78 is 11.0. The summed E-state index contributed by atoms with van der Waals surface area (Å²) in [5, 5.41) is 6.81. The van der Waals surface area contributed by atoms with Gasteiger partial charge in [-0.1, -0.05) is 31.0 Å². The predicted octanol–water partition coefficient (Wildman–Crippen LogP) is 3.47. The van der Waals surface area contributed by atoms with Crippen molar-refractivity contribution in [1.82, 2.24) is 10.6 Å². The van der Waals surface area contributed by atoms with E-state index in [4.69, 9.17) is 9.15 Å². The average molecular weight is 341 g/mol. The first kappa shape index (κ1) is 17.4. The number of aliphatic imine (C=N–C) groups is 1. The van der Waals surface area contributed by atoms with E-state index in [0.717, 1.165) is 36.9 Å². The van der Waals surface area contributed by atoms with Crippen LogP contribution in [0.3, 0.4) is 0 Å². The van der Waals surface area contributed by atoms with Gasteiger partial charge in [-0.05, 0) is 31.0 Å². The molecule has 0 aliphatic heterocycles. The van der Waals surface area contributed by atoms with E-state index < -0.39 is 0 Å². The zero-order chi connectivity index (χ0) is 17.5. The molecule has 0 bridgehead atoms. The van der Waals surface area contributed by atoms with Crippen molar-refractivity contribution in [1.29, 1.82) is 0 Å². The second kappa shape index (κ2) is 8.10. The molecule has 0 unspecified atom stereocenters. The zero-order valence-electron chi connectivity index (χ0n) is 15.0. The van der Waals surface area contributed by atoms with Gasteiger partial charge in [-0.25, -0.2) is 0 Å². The third kappa shape index (κ3) is 3.98. The SMILES string of the molecule is CN=C(NCc1ccco1)NCC1(c2ccccc2OC)CCCC1. The summed E-state index contributed by atoms with van der Waals surface area (Å²) in [6.07, 6.45) is 6.50. The van der Waals surface area contributed by atoms with Gasteiger partial charge in [-0.15, -0.1) is 0 Å². The van der Waals surface area contributed by atoms with E-state index in [-0.39, 0.29) is 5.41 Å². The lowest BCUT2D eigenvalue weighted by Crippen LogP contribution is -2.44. The minimum absolute atomic E-state index is 0.0922. The van der Waals surface area contributed by atoms with Crippen LogP contribution in [0.25, 0.3) is 0 Å². The molecule has 1 aliphatic rings. The molecule has 5 heteroatoms. The minimum atomic E-state index is 0.0922. The minimum Gasteiger partial charge on any atom is -0.496 e. The summed E-state index contributed by atoms with van der Waals surface area (Å²) >= 11 is 0. The number of rotatable bonds is 6. The zero-order valence-corrected chi connectivity index (χ0v) is 15.0. The van der Waals surface area contributed by atoms with Crippen LogP contribution in [-0.4, -0.2) is 26.7 Å². The fourth-order valence-corrected chi connectivity index (χ4v) is 3.73. The Labute approximate surface area is 149 Å². The average Bonchev–Trinajstić information content (AvgIpc) is 3.34. The van der Waals surface area contributed by atoms with Gasteiger partial charge in [-0.3, -0.25) is 4.99 Å². The normalized spacial score (nSPS) is 16.6. The van der Waals surface area contributed by atoms with Gasteiger partial charge in [0.05, 0.1) is 19.9 Å². The first-order chi connectivity index (χ1) is 12.3. The maximum absolute atomic E-state index is 5.63. The van der Waals surface area contributed by atoms with Crippen molar-refractivity contribution in [3.63, 3.8) is 0 Å². The van der Waals surface area contributed by atoms with Crippen molar-refractivity contribution in [3.05, 3.63) is 54.0 Å². The van der Waals surface area contributed by atoms with E-state index in [1.54, 1.807) is 20.4 Å². The lowest BCUT2D eigenvalue weighted by atomic mass is 9.78. The fraction of sp³-hybridized carbons (Fsp3) is 0.450. The van der Waals surface area contributed by atoms with Crippen LogP contribution in [0.1, 0.15) is 37.0 Å². The van der Waals surface area contributed by atoms with Gasteiger partial charge < -0.3 is 19.8 Å². The van der Waals surface area contributed by atoms with Gasteiger partial charge in [0.2, 0.25) is 0 Å². The van der Waals surface area contributed by atoms with E-state index in [1.165, 1.54) is 18.4 Å². The van der Waals surface area contributed by atoms with Crippen LogP contribution in [0.5, 0.6) is 5.75 Å². The Morgan fingerprint density at radius 2 is 1.96 bits per heavy atom. The summed E-state index contributed by atoms with van der Waals surface area (Å²) in [6, 6.07) is 12.2. The molecule has 134 valence electrons. The largest absolute Gasteiger partial charge is 0.496 e. The Kier molecular flexibility index (Phi) is 5.64. The molecule has 5 nitrogen and oxygen atoms in total. The van der Waals surface area contributed by atoms with E-state index in [9.17, 15) is 0 Å². The summed E-state index contributed by atoms with van der Waals surface area (Å²) in [5.41, 5.74) is 1.39. The standard InChI is InChI=1S/C20H27N3O2/c1-21-19(22-14-16-8-7-13-25-16)23-15-20(11-5-6-12-20)17-9-3-4-10-18(17)24-2/h3-4,7-10,13H,5-6,11-12,14-15H2,1-2H3,(H2,21,22,23). The highest BCUT2D eigenvalue weighted by molar-refractivity contribution is 5.79. The lowest BCUT2D eigenvalue weighted by molar-refractivity contribution is 0.371. The maximum Gasteiger partial charge on any atom is 0.191 e. The molecule has 0 amide bonds. The molecule has 3 rings (SSSR count). The number of para-hydroxylation sites is 1. The molecule has 2 aromatic rings. The van der Waals surface area contributed by atoms with Crippen LogP contribution in [0.15, 0.2) is 52.1 Å². The number of benzene rings is 1. The molecular weight excluding hydrogens is 314 g/mol. The quantitative estimate of drug-likeness (QED) is 0.624. The first-order valence-electron chi connectivity index (χ1n) is 8.88. The molecule has 1 aliphatic carbocycles. The van der Waals surface area contributed by atoms with Gasteiger partial charge in [0.1, 0.15) is 11.5 Å². The molecule has 1 heterocycles. The van der Waals surface area contributed by atoms with Crippen LogP contribution in [0.2, 0.25) is 0 Å². The van der Waals surface area contributed by atoms with Crippen molar-refractivity contribution < 1.29 is 9.15 Å². The number of guanidine groups is 1. The van der Waals surface area contributed by atoms with Gasteiger partial charge in [-0.2, -0.15) is 0 Å². The number of furan rings is 1. The second-order valence-corrected chi connectivity index (χ2v) is 6.55. The molecule has 1 saturated carbocycles. The van der Waals surface area contributed by atoms with Crippen molar-refractivity contribution >= 4 is 5.96 Å².